The fourth-order valence-electron chi connectivity index (χ4n) is 2.30. The first kappa shape index (κ1) is 22.0. The Morgan fingerprint density at radius 1 is 1.21 bits per heavy atom. The van der Waals surface area contributed by atoms with Crippen molar-refractivity contribution in [3.8, 4) is 5.75 Å². The summed E-state index contributed by atoms with van der Waals surface area (Å²) in [7, 11) is 0. The molecule has 3 aromatic rings. The minimum absolute atomic E-state index is 0. The van der Waals surface area contributed by atoms with Crippen molar-refractivity contribution in [2.45, 2.75) is 31.7 Å². The molecule has 0 aliphatic carbocycles. The third kappa shape index (κ3) is 4.56. The number of pyridine rings is 1. The van der Waals surface area contributed by atoms with Gasteiger partial charge in [0.15, 0.2) is 5.75 Å². The number of aromatic amines is 1. The number of aromatic nitrogens is 3. The summed E-state index contributed by atoms with van der Waals surface area (Å²) >= 11 is -1.34. The molecule has 1 unspecified atom stereocenters. The zero-order chi connectivity index (χ0) is 15.9. The van der Waals surface area contributed by atoms with Gasteiger partial charge in [-0.25, -0.2) is 0 Å². The summed E-state index contributed by atoms with van der Waals surface area (Å²) < 4.78 is 12.5. The monoisotopic (exact) mass is 363 g/mol. The summed E-state index contributed by atoms with van der Waals surface area (Å²) in [6.45, 7) is 5.56. The first-order valence-corrected chi connectivity index (χ1v) is 8.26. The van der Waals surface area contributed by atoms with Crippen LogP contribution in [0.5, 0.6) is 5.75 Å². The molecule has 118 valence electrons. The molecule has 3 rings (SSSR count). The van der Waals surface area contributed by atoms with Crippen molar-refractivity contribution in [3.05, 3.63) is 46.8 Å². The number of rotatable bonds is 3. The van der Waals surface area contributed by atoms with Crippen molar-refractivity contribution in [2.24, 2.45) is 0 Å². The molecule has 24 heavy (non-hydrogen) atoms. The van der Waals surface area contributed by atoms with Crippen LogP contribution in [0, 0.1) is 20.8 Å². The number of nitrogens with one attached hydrogen (secondary N) is 1. The number of aromatic hydroxyl groups is 1. The van der Waals surface area contributed by atoms with Gasteiger partial charge in [-0.1, -0.05) is 6.07 Å². The summed E-state index contributed by atoms with van der Waals surface area (Å²) in [6, 6.07) is 5.87. The van der Waals surface area contributed by atoms with E-state index in [0.29, 0.717) is 22.0 Å². The van der Waals surface area contributed by atoms with Crippen LogP contribution in [0.15, 0.2) is 29.6 Å². The third-order valence-corrected chi connectivity index (χ3v) is 4.84. The van der Waals surface area contributed by atoms with Crippen LogP contribution in [0.2, 0.25) is 0 Å². The van der Waals surface area contributed by atoms with Crippen molar-refractivity contribution in [1.29, 1.82) is 0 Å². The Bertz CT molecular complexity index is 855. The Balaban J connectivity index is 0.00000144. The number of fused-ring (bicyclic) bond motifs is 1. The number of benzene rings is 1. The standard InChI is InChI=1S/C16H17N3O2S.2Na.2H/c1-9-4-5-12-13(6-9)19-16(18-12)22(21)8-14-11(3)15(20)10(2)7-17-14;;;;/h4-7H,8H2,1-3H3,(H,17,20)(H,18,19);;;;. The molecule has 1 aromatic carbocycles. The van der Waals surface area contributed by atoms with E-state index in [1.807, 2.05) is 25.1 Å². The van der Waals surface area contributed by atoms with Gasteiger partial charge in [0.25, 0.3) is 0 Å². The predicted octanol–water partition coefficient (Wildman–Crippen LogP) is 1.60. The Hall–Kier alpha value is -0.0500. The first-order valence-electron chi connectivity index (χ1n) is 6.94. The Morgan fingerprint density at radius 2 is 1.92 bits per heavy atom. The van der Waals surface area contributed by atoms with Crippen LogP contribution in [0.3, 0.4) is 0 Å². The van der Waals surface area contributed by atoms with Crippen molar-refractivity contribution in [1.82, 2.24) is 15.0 Å². The third-order valence-electron chi connectivity index (χ3n) is 3.68. The van der Waals surface area contributed by atoms with E-state index >= 15 is 0 Å². The van der Waals surface area contributed by atoms with Crippen LogP contribution in [0.4, 0.5) is 0 Å². The van der Waals surface area contributed by atoms with E-state index in [1.54, 1.807) is 20.0 Å². The summed E-state index contributed by atoms with van der Waals surface area (Å²) in [4.78, 5) is 11.8. The summed E-state index contributed by atoms with van der Waals surface area (Å²) in [5, 5.41) is 10.4. The van der Waals surface area contributed by atoms with Crippen LogP contribution in [-0.4, -0.2) is 83.7 Å². The molecular weight excluding hydrogens is 344 g/mol. The van der Waals surface area contributed by atoms with E-state index in [4.69, 9.17) is 0 Å². The normalized spacial score (nSPS) is 11.7. The number of H-pyrrole nitrogens is 1. The Labute approximate surface area is 188 Å². The maximum atomic E-state index is 12.5. The Kier molecular flexibility index (Phi) is 8.29. The fraction of sp³-hybridized carbons (Fsp3) is 0.250. The summed E-state index contributed by atoms with van der Waals surface area (Å²) in [6.07, 6.45) is 1.59. The fourth-order valence-corrected chi connectivity index (χ4v) is 3.40. The van der Waals surface area contributed by atoms with Crippen LogP contribution in [0.1, 0.15) is 22.4 Å². The number of aryl methyl sites for hydroxylation is 2. The number of hydrogen-bond donors (Lipinski definition) is 2. The SMILES string of the molecule is Cc1ccc2[nH]c([S+]([O-])Cc3ncc(C)c(O)c3C)nc2c1.[NaH].[NaH]. The quantitative estimate of drug-likeness (QED) is 0.547. The van der Waals surface area contributed by atoms with Crippen molar-refractivity contribution in [3.63, 3.8) is 0 Å². The van der Waals surface area contributed by atoms with Crippen LogP contribution in [-0.2, 0) is 16.9 Å². The van der Waals surface area contributed by atoms with Crippen LogP contribution in [0.25, 0.3) is 11.0 Å². The summed E-state index contributed by atoms with van der Waals surface area (Å²) in [5.74, 6) is 0.431. The molecule has 2 aromatic heterocycles. The second-order valence-corrected chi connectivity index (χ2v) is 6.78. The average molecular weight is 363 g/mol. The topological polar surface area (TPSA) is 84.9 Å². The van der Waals surface area contributed by atoms with E-state index in [0.717, 1.165) is 16.6 Å². The molecule has 2 heterocycles. The van der Waals surface area contributed by atoms with E-state index in [-0.39, 0.29) is 70.6 Å². The zero-order valence-electron chi connectivity index (χ0n) is 12.7. The first-order chi connectivity index (χ1) is 10.5. The van der Waals surface area contributed by atoms with E-state index in [2.05, 4.69) is 15.0 Å². The van der Waals surface area contributed by atoms with Crippen LogP contribution >= 0.6 is 0 Å². The number of nitrogens with zero attached hydrogens (tertiary/aromatic N) is 2. The molecule has 0 radical (unpaired) electrons. The van der Waals surface area contributed by atoms with Gasteiger partial charge in [-0.3, -0.25) is 9.97 Å². The van der Waals surface area contributed by atoms with E-state index in [1.165, 1.54) is 0 Å². The van der Waals surface area contributed by atoms with E-state index < -0.39 is 11.2 Å². The van der Waals surface area contributed by atoms with Gasteiger partial charge in [-0.2, -0.15) is 4.98 Å². The van der Waals surface area contributed by atoms with Gasteiger partial charge in [0.1, 0.15) is 5.75 Å². The maximum absolute atomic E-state index is 12.5. The van der Waals surface area contributed by atoms with Crippen molar-refractivity contribution >= 4 is 81.3 Å². The average Bonchev–Trinajstić information content (AvgIpc) is 2.91. The molecule has 2 N–H and O–H groups in total. The molecule has 0 saturated carbocycles. The van der Waals surface area contributed by atoms with Gasteiger partial charge >= 0.3 is 64.3 Å². The second-order valence-electron chi connectivity index (χ2n) is 5.41. The molecule has 0 spiro atoms. The number of imidazole rings is 1. The molecule has 8 heteroatoms. The van der Waals surface area contributed by atoms with Crippen molar-refractivity contribution < 1.29 is 9.66 Å². The van der Waals surface area contributed by atoms with Crippen molar-refractivity contribution in [2.75, 3.05) is 0 Å². The summed E-state index contributed by atoms with van der Waals surface area (Å²) in [5.41, 5.74) is 4.78. The second kappa shape index (κ2) is 9.05. The van der Waals surface area contributed by atoms with Gasteiger partial charge in [-0.05, 0) is 38.5 Å². The Morgan fingerprint density at radius 3 is 2.62 bits per heavy atom. The molecule has 0 aliphatic rings. The van der Waals surface area contributed by atoms with Gasteiger partial charge in [-0.15, -0.1) is 0 Å². The zero-order valence-corrected chi connectivity index (χ0v) is 13.5. The molecule has 0 aliphatic heterocycles. The predicted molar refractivity (Wildman–Crippen MR) is 101 cm³/mol. The van der Waals surface area contributed by atoms with Gasteiger partial charge in [0.2, 0.25) is 0 Å². The molecule has 0 fully saturated rings. The molecule has 0 amide bonds. The molecule has 5 nitrogen and oxygen atoms in total. The van der Waals surface area contributed by atoms with Gasteiger partial charge in [0.05, 0.1) is 16.7 Å². The van der Waals surface area contributed by atoms with Gasteiger partial charge in [0, 0.05) is 28.5 Å². The van der Waals surface area contributed by atoms with Gasteiger partial charge < -0.3 is 9.66 Å². The number of hydrogen-bond acceptors (Lipinski definition) is 4. The molecule has 0 saturated heterocycles. The molecule has 1 atom stereocenters. The van der Waals surface area contributed by atoms with Crippen LogP contribution < -0.4 is 0 Å². The minimum atomic E-state index is -1.34. The molecular formula is C16H19N3Na2O2S. The molecule has 0 bridgehead atoms. The van der Waals surface area contributed by atoms with E-state index in [9.17, 15) is 9.66 Å².